The van der Waals surface area contributed by atoms with E-state index in [4.69, 9.17) is 5.73 Å². The van der Waals surface area contributed by atoms with Gasteiger partial charge in [0.25, 0.3) is 10.0 Å². The lowest BCUT2D eigenvalue weighted by Crippen LogP contribution is -2.29. The highest BCUT2D eigenvalue weighted by Crippen LogP contribution is 2.20. The van der Waals surface area contributed by atoms with Gasteiger partial charge in [-0.05, 0) is 12.0 Å². The molecule has 1 aromatic carbocycles. The zero-order chi connectivity index (χ0) is 14.6. The highest BCUT2D eigenvalue weighted by molar-refractivity contribution is 7.89. The average Bonchev–Trinajstić information content (AvgIpc) is 2.95. The van der Waals surface area contributed by atoms with Crippen molar-refractivity contribution in [2.24, 2.45) is 5.73 Å². The monoisotopic (exact) mass is 294 g/mol. The Bertz CT molecular complexity index is 652. The third-order valence-electron chi connectivity index (χ3n) is 3.07. The average molecular weight is 294 g/mol. The summed E-state index contributed by atoms with van der Waals surface area (Å²) < 4.78 is 27.4. The molecule has 0 aliphatic heterocycles. The van der Waals surface area contributed by atoms with Gasteiger partial charge in [-0.3, -0.25) is 5.10 Å². The molecule has 7 heteroatoms. The summed E-state index contributed by atoms with van der Waals surface area (Å²) in [6.45, 7) is 2.05. The van der Waals surface area contributed by atoms with Gasteiger partial charge in [0.2, 0.25) is 0 Å². The number of hydrogen-bond acceptors (Lipinski definition) is 4. The van der Waals surface area contributed by atoms with Crippen LogP contribution in [0.3, 0.4) is 0 Å². The molecule has 6 nitrogen and oxygen atoms in total. The normalized spacial score (nSPS) is 13.3. The Hall–Kier alpha value is -1.70. The van der Waals surface area contributed by atoms with Gasteiger partial charge >= 0.3 is 0 Å². The van der Waals surface area contributed by atoms with Crippen molar-refractivity contribution in [3.8, 4) is 0 Å². The Labute approximate surface area is 118 Å². The Kier molecular flexibility index (Phi) is 4.53. The molecule has 1 heterocycles. The van der Waals surface area contributed by atoms with Crippen LogP contribution in [-0.4, -0.2) is 18.6 Å². The molecule has 0 spiro atoms. The molecule has 1 aromatic heterocycles. The standard InChI is InChI=1S/C13H18N4O2S/c1-2-12(10-6-4-3-5-7-10)17-20(18,19)13-11(8-14)9-15-16-13/h3-7,9,12,17H,2,8,14H2,1H3,(H,15,16). The summed E-state index contributed by atoms with van der Waals surface area (Å²) in [5, 5.41) is 6.27. The van der Waals surface area contributed by atoms with Crippen molar-refractivity contribution in [1.29, 1.82) is 0 Å². The van der Waals surface area contributed by atoms with Crippen molar-refractivity contribution in [3.63, 3.8) is 0 Å². The lowest BCUT2D eigenvalue weighted by Gasteiger charge is -2.17. The lowest BCUT2D eigenvalue weighted by molar-refractivity contribution is 0.545. The molecular weight excluding hydrogens is 276 g/mol. The van der Waals surface area contributed by atoms with Gasteiger partial charge in [-0.15, -0.1) is 0 Å². The molecule has 0 radical (unpaired) electrons. The Morgan fingerprint density at radius 3 is 2.65 bits per heavy atom. The first-order valence-electron chi connectivity index (χ1n) is 6.38. The Balaban J connectivity index is 2.27. The fraction of sp³-hybridized carbons (Fsp3) is 0.308. The van der Waals surface area contributed by atoms with Crippen LogP contribution in [0.1, 0.15) is 30.5 Å². The number of hydrogen-bond donors (Lipinski definition) is 3. The van der Waals surface area contributed by atoms with E-state index in [9.17, 15) is 8.42 Å². The van der Waals surface area contributed by atoms with Gasteiger partial charge in [-0.25, -0.2) is 13.1 Å². The van der Waals surface area contributed by atoms with Crippen LogP contribution in [0.5, 0.6) is 0 Å². The van der Waals surface area contributed by atoms with Crippen molar-refractivity contribution in [1.82, 2.24) is 14.9 Å². The molecule has 2 aromatic rings. The number of benzene rings is 1. The van der Waals surface area contributed by atoms with Crippen LogP contribution in [0.4, 0.5) is 0 Å². The van der Waals surface area contributed by atoms with Crippen molar-refractivity contribution in [2.45, 2.75) is 31.0 Å². The summed E-state index contributed by atoms with van der Waals surface area (Å²) in [4.78, 5) is 0. The summed E-state index contributed by atoms with van der Waals surface area (Å²) in [6.07, 6.45) is 2.08. The van der Waals surface area contributed by atoms with Crippen LogP contribution in [0.25, 0.3) is 0 Å². The molecule has 0 aliphatic carbocycles. The molecule has 108 valence electrons. The molecule has 2 rings (SSSR count). The predicted octanol–water partition coefficient (Wildman–Crippen LogP) is 1.30. The number of nitrogens with zero attached hydrogens (tertiary/aromatic N) is 1. The zero-order valence-corrected chi connectivity index (χ0v) is 12.0. The fourth-order valence-corrected chi connectivity index (χ4v) is 3.45. The summed E-state index contributed by atoms with van der Waals surface area (Å²) >= 11 is 0. The van der Waals surface area contributed by atoms with E-state index in [-0.39, 0.29) is 17.6 Å². The molecule has 0 fully saturated rings. The van der Waals surface area contributed by atoms with Crippen LogP contribution < -0.4 is 10.5 Å². The zero-order valence-electron chi connectivity index (χ0n) is 11.2. The number of aromatic nitrogens is 2. The second kappa shape index (κ2) is 6.17. The molecule has 0 amide bonds. The van der Waals surface area contributed by atoms with Crippen LogP contribution in [0.2, 0.25) is 0 Å². The molecule has 1 unspecified atom stereocenters. The first kappa shape index (κ1) is 14.7. The van der Waals surface area contributed by atoms with Gasteiger partial charge < -0.3 is 5.73 Å². The molecule has 4 N–H and O–H groups in total. The minimum atomic E-state index is -3.67. The second-order valence-corrected chi connectivity index (χ2v) is 6.07. The van der Waals surface area contributed by atoms with E-state index in [1.54, 1.807) is 0 Å². The van der Waals surface area contributed by atoms with Gasteiger partial charge in [0.05, 0.1) is 6.20 Å². The first-order chi connectivity index (χ1) is 9.58. The highest BCUT2D eigenvalue weighted by atomic mass is 32.2. The quantitative estimate of drug-likeness (QED) is 0.747. The SMILES string of the molecule is CCC(NS(=O)(=O)c1[nH]ncc1CN)c1ccccc1. The molecule has 1 atom stereocenters. The largest absolute Gasteiger partial charge is 0.326 e. The molecular formula is C13H18N4O2S. The van der Waals surface area contributed by atoms with E-state index < -0.39 is 10.0 Å². The van der Waals surface area contributed by atoms with Crippen molar-refractivity contribution in [3.05, 3.63) is 47.7 Å². The van der Waals surface area contributed by atoms with E-state index in [2.05, 4.69) is 14.9 Å². The van der Waals surface area contributed by atoms with Gasteiger partial charge in [0.1, 0.15) is 0 Å². The second-order valence-electron chi connectivity index (χ2n) is 4.42. The third-order valence-corrected chi connectivity index (χ3v) is 4.56. The molecule has 0 saturated carbocycles. The van der Waals surface area contributed by atoms with Crippen LogP contribution in [0, 0.1) is 0 Å². The lowest BCUT2D eigenvalue weighted by atomic mass is 10.1. The van der Waals surface area contributed by atoms with Gasteiger partial charge in [0, 0.05) is 18.2 Å². The van der Waals surface area contributed by atoms with Gasteiger partial charge in [0.15, 0.2) is 5.03 Å². The Morgan fingerprint density at radius 2 is 2.05 bits per heavy atom. The number of aromatic amines is 1. The third kappa shape index (κ3) is 3.06. The highest BCUT2D eigenvalue weighted by Gasteiger charge is 2.24. The van der Waals surface area contributed by atoms with Crippen molar-refractivity contribution in [2.75, 3.05) is 0 Å². The minimum Gasteiger partial charge on any atom is -0.326 e. The maximum Gasteiger partial charge on any atom is 0.258 e. The molecule has 0 aliphatic rings. The number of H-pyrrole nitrogens is 1. The van der Waals surface area contributed by atoms with Crippen molar-refractivity contribution < 1.29 is 8.42 Å². The van der Waals surface area contributed by atoms with Gasteiger partial charge in [-0.1, -0.05) is 37.3 Å². The van der Waals surface area contributed by atoms with Crippen LogP contribution in [-0.2, 0) is 16.6 Å². The maximum absolute atomic E-state index is 12.4. The summed E-state index contributed by atoms with van der Waals surface area (Å²) in [5.74, 6) is 0. The smallest absolute Gasteiger partial charge is 0.258 e. The summed E-state index contributed by atoms with van der Waals surface area (Å²) in [6, 6.07) is 9.17. The number of sulfonamides is 1. The van der Waals surface area contributed by atoms with Gasteiger partial charge in [-0.2, -0.15) is 5.10 Å². The molecule has 0 bridgehead atoms. The predicted molar refractivity (Wildman–Crippen MR) is 76.3 cm³/mol. The van der Waals surface area contributed by atoms with Crippen molar-refractivity contribution >= 4 is 10.0 Å². The van der Waals surface area contributed by atoms with E-state index in [0.29, 0.717) is 12.0 Å². The number of nitrogens with two attached hydrogens (primary N) is 1. The fourth-order valence-electron chi connectivity index (χ4n) is 2.00. The van der Waals surface area contributed by atoms with Crippen LogP contribution >= 0.6 is 0 Å². The van der Waals surface area contributed by atoms with E-state index in [1.807, 2.05) is 37.3 Å². The van der Waals surface area contributed by atoms with E-state index in [1.165, 1.54) is 6.20 Å². The molecule has 0 saturated heterocycles. The summed E-state index contributed by atoms with van der Waals surface area (Å²) in [7, 11) is -3.67. The van der Waals surface area contributed by atoms with E-state index >= 15 is 0 Å². The molecule has 20 heavy (non-hydrogen) atoms. The topological polar surface area (TPSA) is 101 Å². The maximum atomic E-state index is 12.4. The number of nitrogens with one attached hydrogen (secondary N) is 2. The number of rotatable bonds is 6. The van der Waals surface area contributed by atoms with Crippen LogP contribution in [0.15, 0.2) is 41.6 Å². The Morgan fingerprint density at radius 1 is 1.35 bits per heavy atom. The van der Waals surface area contributed by atoms with E-state index in [0.717, 1.165) is 5.56 Å². The first-order valence-corrected chi connectivity index (χ1v) is 7.86. The minimum absolute atomic E-state index is 0.0365. The summed E-state index contributed by atoms with van der Waals surface area (Å²) in [5.41, 5.74) is 6.91.